The van der Waals surface area contributed by atoms with Crippen LogP contribution in [0.25, 0.3) is 0 Å². The lowest BCUT2D eigenvalue weighted by Crippen LogP contribution is -2.21. The molecule has 1 aliphatic heterocycles. The maximum Gasteiger partial charge on any atom is 0.0950 e. The minimum atomic E-state index is 0.922. The zero-order valence-electron chi connectivity index (χ0n) is 8.59. The van der Waals surface area contributed by atoms with E-state index in [0.717, 1.165) is 29.0 Å². The summed E-state index contributed by atoms with van der Waals surface area (Å²) in [5.41, 5.74) is 4.20. The third kappa shape index (κ3) is 1.72. The third-order valence-electron chi connectivity index (χ3n) is 2.15. The molecule has 13 heavy (non-hydrogen) atoms. The molecule has 0 saturated carbocycles. The largest absolute Gasteiger partial charge is 0.335 e. The highest BCUT2D eigenvalue weighted by atomic mass is 15.2. The van der Waals surface area contributed by atoms with Crippen LogP contribution in [0.1, 0.15) is 20.3 Å². The number of hydrogen-bond acceptors (Lipinski definition) is 2. The van der Waals surface area contributed by atoms with Crippen LogP contribution in [-0.2, 0) is 0 Å². The molecule has 0 spiro atoms. The molecule has 2 heteroatoms. The molecule has 2 nitrogen and oxygen atoms in total. The Bertz CT molecular complexity index is 308. The molecule has 0 saturated heterocycles. The van der Waals surface area contributed by atoms with Crippen molar-refractivity contribution in [1.82, 2.24) is 4.90 Å². The van der Waals surface area contributed by atoms with Crippen molar-refractivity contribution in [2.75, 3.05) is 7.05 Å². The van der Waals surface area contributed by atoms with Crippen molar-refractivity contribution >= 4 is 6.34 Å². The maximum absolute atomic E-state index is 4.34. The van der Waals surface area contributed by atoms with E-state index in [-0.39, 0.29) is 0 Å². The summed E-state index contributed by atoms with van der Waals surface area (Å²) < 4.78 is 0. The van der Waals surface area contributed by atoms with E-state index in [1.54, 1.807) is 6.34 Å². The summed E-state index contributed by atoms with van der Waals surface area (Å²) in [4.78, 5) is 6.26. The molecule has 1 aliphatic rings. The summed E-state index contributed by atoms with van der Waals surface area (Å²) in [5.74, 6) is 0. The third-order valence-corrected chi connectivity index (χ3v) is 2.15. The zero-order valence-corrected chi connectivity index (χ0v) is 8.59. The normalized spacial score (nSPS) is 16.8. The van der Waals surface area contributed by atoms with Gasteiger partial charge in [-0.25, -0.2) is 4.99 Å². The molecular formula is C11H16N2. The highest BCUT2D eigenvalue weighted by Gasteiger charge is 2.15. The first-order chi connectivity index (χ1) is 6.07. The van der Waals surface area contributed by atoms with Crippen molar-refractivity contribution in [3.8, 4) is 0 Å². The molecule has 0 bridgehead atoms. The van der Waals surface area contributed by atoms with Crippen molar-refractivity contribution in [2.24, 2.45) is 4.99 Å². The molecule has 1 rings (SSSR count). The van der Waals surface area contributed by atoms with Gasteiger partial charge < -0.3 is 4.90 Å². The van der Waals surface area contributed by atoms with E-state index >= 15 is 0 Å². The molecule has 0 N–H and O–H groups in total. The fourth-order valence-corrected chi connectivity index (χ4v) is 1.39. The summed E-state index contributed by atoms with van der Waals surface area (Å²) >= 11 is 0. The quantitative estimate of drug-likeness (QED) is 0.631. The average Bonchev–Trinajstić information content (AvgIpc) is 2.08. The minimum absolute atomic E-state index is 0.922. The van der Waals surface area contributed by atoms with Crippen molar-refractivity contribution < 1.29 is 0 Å². The van der Waals surface area contributed by atoms with Gasteiger partial charge in [0, 0.05) is 18.3 Å². The second kappa shape index (κ2) is 3.60. The lowest BCUT2D eigenvalue weighted by atomic mass is 10.0. The van der Waals surface area contributed by atoms with Crippen molar-refractivity contribution in [3.63, 3.8) is 0 Å². The Morgan fingerprint density at radius 2 is 2.23 bits per heavy atom. The topological polar surface area (TPSA) is 15.6 Å². The van der Waals surface area contributed by atoms with Gasteiger partial charge in [0.2, 0.25) is 0 Å². The Hall–Kier alpha value is -1.31. The van der Waals surface area contributed by atoms with Crippen LogP contribution in [0, 0.1) is 0 Å². The highest BCUT2D eigenvalue weighted by Crippen LogP contribution is 2.27. The number of likely N-dealkylation sites (N-methyl/N-ethyl adjacent to an activating group) is 1. The number of aliphatic imine (C=N–C) groups is 1. The van der Waals surface area contributed by atoms with Crippen molar-refractivity contribution in [3.05, 3.63) is 35.7 Å². The Balaban J connectivity index is 3.17. The molecule has 0 fully saturated rings. The van der Waals surface area contributed by atoms with Crippen molar-refractivity contribution in [2.45, 2.75) is 20.3 Å². The van der Waals surface area contributed by atoms with Gasteiger partial charge in [-0.2, -0.15) is 0 Å². The number of nitrogens with zero attached hydrogens (tertiary/aromatic N) is 2. The fraction of sp³-hybridized carbons (Fsp3) is 0.364. The predicted molar refractivity (Wildman–Crippen MR) is 57.5 cm³/mol. The van der Waals surface area contributed by atoms with E-state index < -0.39 is 0 Å². The second-order valence-corrected chi connectivity index (χ2v) is 3.26. The standard InChI is InChI=1S/C11H16N2/c1-6-10-11(8(2)3)9(4)13(5)7-12-10/h7H,2,4,6H2,1,3,5H3. The molecule has 0 amide bonds. The van der Waals surface area contributed by atoms with Crippen LogP contribution in [0.5, 0.6) is 0 Å². The lowest BCUT2D eigenvalue weighted by molar-refractivity contribution is 0.643. The molecule has 0 aromatic rings. The van der Waals surface area contributed by atoms with Gasteiger partial charge in [0.25, 0.3) is 0 Å². The molecule has 0 aromatic heterocycles. The number of hydrogen-bond donors (Lipinski definition) is 0. The van der Waals surface area contributed by atoms with E-state index in [1.807, 2.05) is 18.9 Å². The van der Waals surface area contributed by atoms with Gasteiger partial charge in [-0.05, 0) is 18.9 Å². The van der Waals surface area contributed by atoms with Gasteiger partial charge in [-0.3, -0.25) is 0 Å². The molecule has 0 radical (unpaired) electrons. The Labute approximate surface area is 80.0 Å². The van der Waals surface area contributed by atoms with Gasteiger partial charge in [0.05, 0.1) is 12.0 Å². The monoisotopic (exact) mass is 176 g/mol. The summed E-state index contributed by atoms with van der Waals surface area (Å²) in [6.45, 7) is 12.0. The SMILES string of the molecule is C=C(C)C1=C(CC)N=CN(C)C1=C. The van der Waals surface area contributed by atoms with Crippen molar-refractivity contribution in [1.29, 1.82) is 0 Å². The van der Waals surface area contributed by atoms with Crippen LogP contribution in [0.4, 0.5) is 0 Å². The minimum Gasteiger partial charge on any atom is -0.335 e. The first kappa shape index (κ1) is 9.78. The van der Waals surface area contributed by atoms with Gasteiger partial charge in [-0.1, -0.05) is 20.1 Å². The molecule has 1 heterocycles. The first-order valence-electron chi connectivity index (χ1n) is 4.43. The summed E-state index contributed by atoms with van der Waals surface area (Å²) in [6.07, 6.45) is 2.72. The Morgan fingerprint density at radius 3 is 2.69 bits per heavy atom. The summed E-state index contributed by atoms with van der Waals surface area (Å²) in [7, 11) is 1.95. The molecule has 0 aromatic carbocycles. The fourth-order valence-electron chi connectivity index (χ4n) is 1.39. The van der Waals surface area contributed by atoms with Crippen LogP contribution >= 0.6 is 0 Å². The van der Waals surface area contributed by atoms with Gasteiger partial charge >= 0.3 is 0 Å². The smallest absolute Gasteiger partial charge is 0.0950 e. The van der Waals surface area contributed by atoms with Crippen LogP contribution in [-0.4, -0.2) is 18.3 Å². The Kier molecular flexibility index (Phi) is 2.71. The summed E-state index contributed by atoms with van der Waals surface area (Å²) in [6, 6.07) is 0. The van der Waals surface area contributed by atoms with Gasteiger partial charge in [0.1, 0.15) is 0 Å². The number of allylic oxidation sites excluding steroid dienone is 2. The Morgan fingerprint density at radius 1 is 1.62 bits per heavy atom. The van der Waals surface area contributed by atoms with Gasteiger partial charge in [0.15, 0.2) is 0 Å². The first-order valence-corrected chi connectivity index (χ1v) is 4.43. The molecular weight excluding hydrogens is 160 g/mol. The van der Waals surface area contributed by atoms with E-state index in [4.69, 9.17) is 0 Å². The average molecular weight is 176 g/mol. The van der Waals surface area contributed by atoms with E-state index in [9.17, 15) is 0 Å². The van der Waals surface area contributed by atoms with Crippen LogP contribution in [0.2, 0.25) is 0 Å². The van der Waals surface area contributed by atoms with E-state index in [2.05, 4.69) is 25.1 Å². The summed E-state index contributed by atoms with van der Waals surface area (Å²) in [5, 5.41) is 0. The molecule has 0 atom stereocenters. The second-order valence-electron chi connectivity index (χ2n) is 3.26. The van der Waals surface area contributed by atoms with Crippen LogP contribution in [0.15, 0.2) is 40.7 Å². The van der Waals surface area contributed by atoms with E-state index in [1.165, 1.54) is 0 Å². The maximum atomic E-state index is 4.34. The van der Waals surface area contributed by atoms with Crippen LogP contribution in [0.3, 0.4) is 0 Å². The zero-order chi connectivity index (χ0) is 10.0. The molecule has 0 aliphatic carbocycles. The number of rotatable bonds is 2. The highest BCUT2D eigenvalue weighted by molar-refractivity contribution is 5.67. The van der Waals surface area contributed by atoms with Gasteiger partial charge in [-0.15, -0.1) is 0 Å². The predicted octanol–water partition coefficient (Wildman–Crippen LogP) is 2.71. The lowest BCUT2D eigenvalue weighted by Gasteiger charge is -2.25. The molecule has 0 unspecified atom stereocenters. The van der Waals surface area contributed by atoms with E-state index in [0.29, 0.717) is 0 Å². The molecule has 70 valence electrons. The van der Waals surface area contributed by atoms with Crippen LogP contribution < -0.4 is 0 Å².